The second-order valence-electron chi connectivity index (χ2n) is 5.65. The van der Waals surface area contributed by atoms with Gasteiger partial charge in [-0.15, -0.1) is 11.3 Å². The highest BCUT2D eigenvalue weighted by Gasteiger charge is 2.40. The van der Waals surface area contributed by atoms with Crippen LogP contribution in [0.4, 0.5) is 13.2 Å². The van der Waals surface area contributed by atoms with E-state index in [-0.39, 0.29) is 10.9 Å². The van der Waals surface area contributed by atoms with Gasteiger partial charge in [0.1, 0.15) is 0 Å². The number of rotatable bonds is 4. The Labute approximate surface area is 130 Å². The van der Waals surface area contributed by atoms with Crippen LogP contribution in [-0.4, -0.2) is 23.9 Å². The van der Waals surface area contributed by atoms with Gasteiger partial charge in [0.05, 0.1) is 9.75 Å². The van der Waals surface area contributed by atoms with Crippen molar-refractivity contribution in [3.8, 4) is 0 Å². The number of amides is 1. The molecule has 0 saturated heterocycles. The Bertz CT molecular complexity index is 547. The van der Waals surface area contributed by atoms with Gasteiger partial charge in [-0.2, -0.15) is 13.2 Å². The third-order valence-corrected chi connectivity index (χ3v) is 5.11. The number of carbonyl (C=O) groups excluding carboxylic acids is 2. The van der Waals surface area contributed by atoms with E-state index in [4.69, 9.17) is 0 Å². The second-order valence-corrected chi connectivity index (χ2v) is 6.73. The fourth-order valence-electron chi connectivity index (χ4n) is 2.75. The van der Waals surface area contributed by atoms with Crippen LogP contribution in [0.2, 0.25) is 0 Å². The molecule has 0 aliphatic heterocycles. The Balaban J connectivity index is 1.98. The van der Waals surface area contributed by atoms with Crippen molar-refractivity contribution >= 4 is 23.0 Å². The zero-order valence-corrected chi connectivity index (χ0v) is 13.0. The van der Waals surface area contributed by atoms with E-state index in [0.29, 0.717) is 17.3 Å². The number of thiophene rings is 1. The summed E-state index contributed by atoms with van der Waals surface area (Å²) in [5, 5.41) is 2.84. The molecule has 1 N–H and O–H groups in total. The van der Waals surface area contributed by atoms with Gasteiger partial charge in [0.15, 0.2) is 0 Å². The molecule has 1 aromatic heterocycles. The van der Waals surface area contributed by atoms with Gasteiger partial charge in [-0.25, -0.2) is 0 Å². The molecule has 1 saturated carbocycles. The number of hydrogen-bond donors (Lipinski definition) is 1. The smallest absolute Gasteiger partial charge is 0.349 e. The summed E-state index contributed by atoms with van der Waals surface area (Å²) in [5.74, 6) is -1.91. The SMILES string of the molecule is C[C@@H](NC(=O)c1ccc(C(=O)C(F)(F)F)s1)C1CCCCC1. The predicted octanol–water partition coefficient (Wildman–Crippen LogP) is 4.19. The minimum Gasteiger partial charge on any atom is -0.349 e. The molecular weight excluding hydrogens is 315 g/mol. The van der Waals surface area contributed by atoms with E-state index in [1.165, 1.54) is 12.5 Å². The number of Topliss-reactive ketones (excluding diaryl/α,β-unsaturated/α-hetero) is 1. The first-order chi connectivity index (χ1) is 10.3. The van der Waals surface area contributed by atoms with E-state index in [1.807, 2.05) is 6.92 Å². The number of ketones is 1. The first kappa shape index (κ1) is 17.0. The molecule has 1 heterocycles. The van der Waals surface area contributed by atoms with Crippen LogP contribution in [0, 0.1) is 5.92 Å². The van der Waals surface area contributed by atoms with Crippen LogP contribution in [0.15, 0.2) is 12.1 Å². The van der Waals surface area contributed by atoms with Crippen LogP contribution >= 0.6 is 11.3 Å². The predicted molar refractivity (Wildman–Crippen MR) is 78.2 cm³/mol. The summed E-state index contributed by atoms with van der Waals surface area (Å²) in [7, 11) is 0. The maximum absolute atomic E-state index is 12.4. The van der Waals surface area contributed by atoms with Gasteiger partial charge in [0.25, 0.3) is 11.7 Å². The second kappa shape index (κ2) is 6.81. The molecule has 0 spiro atoms. The third-order valence-electron chi connectivity index (χ3n) is 4.03. The van der Waals surface area contributed by atoms with Crippen LogP contribution in [0.3, 0.4) is 0 Å². The van der Waals surface area contributed by atoms with Crippen molar-refractivity contribution < 1.29 is 22.8 Å². The number of carbonyl (C=O) groups is 2. The largest absolute Gasteiger partial charge is 0.455 e. The average Bonchev–Trinajstić information content (AvgIpc) is 2.96. The molecular formula is C15H18F3NO2S. The Morgan fingerprint density at radius 3 is 2.36 bits per heavy atom. The first-order valence-corrected chi connectivity index (χ1v) is 8.13. The third kappa shape index (κ3) is 4.09. The molecule has 0 bridgehead atoms. The lowest BCUT2D eigenvalue weighted by Crippen LogP contribution is -2.38. The molecule has 0 aromatic carbocycles. The van der Waals surface area contributed by atoms with E-state index in [9.17, 15) is 22.8 Å². The van der Waals surface area contributed by atoms with Gasteiger partial charge in [-0.05, 0) is 37.8 Å². The van der Waals surface area contributed by atoms with Gasteiger partial charge < -0.3 is 5.32 Å². The fraction of sp³-hybridized carbons (Fsp3) is 0.600. The quantitative estimate of drug-likeness (QED) is 0.840. The highest BCUT2D eigenvalue weighted by molar-refractivity contribution is 7.16. The molecule has 1 aliphatic carbocycles. The van der Waals surface area contributed by atoms with Gasteiger partial charge in [-0.1, -0.05) is 19.3 Å². The zero-order chi connectivity index (χ0) is 16.3. The van der Waals surface area contributed by atoms with Crippen molar-refractivity contribution in [1.82, 2.24) is 5.32 Å². The maximum atomic E-state index is 12.4. The summed E-state index contributed by atoms with van der Waals surface area (Å²) in [6.07, 6.45) is 0.717. The fourth-order valence-corrected chi connectivity index (χ4v) is 3.62. The lowest BCUT2D eigenvalue weighted by Gasteiger charge is -2.28. The number of halogens is 3. The summed E-state index contributed by atoms with van der Waals surface area (Å²) < 4.78 is 37.1. The molecule has 1 fully saturated rings. The first-order valence-electron chi connectivity index (χ1n) is 7.31. The van der Waals surface area contributed by atoms with E-state index in [0.717, 1.165) is 31.7 Å². The monoisotopic (exact) mass is 333 g/mol. The maximum Gasteiger partial charge on any atom is 0.455 e. The Morgan fingerprint density at radius 2 is 1.77 bits per heavy atom. The Kier molecular flexibility index (Phi) is 5.26. The lowest BCUT2D eigenvalue weighted by molar-refractivity contribution is -0.0882. The molecule has 122 valence electrons. The van der Waals surface area contributed by atoms with E-state index < -0.39 is 22.7 Å². The highest BCUT2D eigenvalue weighted by Crippen LogP contribution is 2.28. The average molecular weight is 333 g/mol. The molecule has 3 nitrogen and oxygen atoms in total. The van der Waals surface area contributed by atoms with Crippen LogP contribution < -0.4 is 5.32 Å². The topological polar surface area (TPSA) is 46.2 Å². The van der Waals surface area contributed by atoms with Crippen molar-refractivity contribution in [3.05, 3.63) is 21.9 Å². The molecule has 0 radical (unpaired) electrons. The number of alkyl halides is 3. The zero-order valence-electron chi connectivity index (χ0n) is 12.2. The van der Waals surface area contributed by atoms with Crippen molar-refractivity contribution in [1.29, 1.82) is 0 Å². The van der Waals surface area contributed by atoms with E-state index >= 15 is 0 Å². The molecule has 7 heteroatoms. The molecule has 1 amide bonds. The van der Waals surface area contributed by atoms with Crippen LogP contribution in [-0.2, 0) is 0 Å². The van der Waals surface area contributed by atoms with Gasteiger partial charge in [-0.3, -0.25) is 9.59 Å². The van der Waals surface area contributed by atoms with Crippen molar-refractivity contribution in [2.24, 2.45) is 5.92 Å². The molecule has 1 atom stereocenters. The summed E-state index contributed by atoms with van der Waals surface area (Å²) >= 11 is 0.583. The Hall–Kier alpha value is -1.37. The summed E-state index contributed by atoms with van der Waals surface area (Å²) in [6, 6.07) is 2.31. The lowest BCUT2D eigenvalue weighted by atomic mass is 9.84. The van der Waals surface area contributed by atoms with Crippen LogP contribution in [0.1, 0.15) is 58.4 Å². The number of nitrogens with one attached hydrogen (secondary N) is 1. The van der Waals surface area contributed by atoms with Crippen molar-refractivity contribution in [2.45, 2.75) is 51.2 Å². The normalized spacial score (nSPS) is 18.0. The van der Waals surface area contributed by atoms with Gasteiger partial charge >= 0.3 is 6.18 Å². The molecule has 1 aromatic rings. The summed E-state index contributed by atoms with van der Waals surface area (Å²) in [6.45, 7) is 1.92. The molecule has 1 aliphatic rings. The van der Waals surface area contributed by atoms with Crippen LogP contribution in [0.5, 0.6) is 0 Å². The van der Waals surface area contributed by atoms with Crippen molar-refractivity contribution in [2.75, 3.05) is 0 Å². The van der Waals surface area contributed by atoms with E-state index in [2.05, 4.69) is 5.32 Å². The standard InChI is InChI=1S/C15H18F3NO2S/c1-9(10-5-3-2-4-6-10)19-14(21)12-8-7-11(22-12)13(20)15(16,17)18/h7-10H,2-6H2,1H3,(H,19,21)/t9-/m1/s1. The number of hydrogen-bond acceptors (Lipinski definition) is 3. The van der Waals surface area contributed by atoms with Crippen molar-refractivity contribution in [3.63, 3.8) is 0 Å². The minimum absolute atomic E-state index is 0.0170. The molecule has 2 rings (SSSR count). The van der Waals surface area contributed by atoms with E-state index in [1.54, 1.807) is 0 Å². The van der Waals surface area contributed by atoms with Gasteiger partial charge in [0.2, 0.25) is 0 Å². The summed E-state index contributed by atoms with van der Waals surface area (Å²) in [4.78, 5) is 22.9. The minimum atomic E-state index is -4.91. The molecule has 22 heavy (non-hydrogen) atoms. The molecule has 0 unspecified atom stereocenters. The highest BCUT2D eigenvalue weighted by atomic mass is 32.1. The van der Waals surface area contributed by atoms with Crippen LogP contribution in [0.25, 0.3) is 0 Å². The Morgan fingerprint density at radius 1 is 1.18 bits per heavy atom. The summed E-state index contributed by atoms with van der Waals surface area (Å²) in [5.41, 5.74) is 0. The van der Waals surface area contributed by atoms with Gasteiger partial charge in [0, 0.05) is 6.04 Å².